The van der Waals surface area contributed by atoms with Gasteiger partial charge in [-0.1, -0.05) is 0 Å². The van der Waals surface area contributed by atoms with Gasteiger partial charge in [-0.25, -0.2) is 9.97 Å². The maximum absolute atomic E-state index is 12.2. The largest absolute Gasteiger partial charge is 0.495 e. The number of nitrogens with zero attached hydrogens (tertiary/aromatic N) is 3. The fourth-order valence-electron chi connectivity index (χ4n) is 4.20. The summed E-state index contributed by atoms with van der Waals surface area (Å²) in [5.41, 5.74) is 4.33. The Hall–Kier alpha value is -3.00. The number of rotatable bonds is 5. The molecule has 3 heterocycles. The molecular formula is C22H22N4O3S. The average Bonchev–Trinajstić information content (AvgIpc) is 3.36. The zero-order chi connectivity index (χ0) is 20.7. The van der Waals surface area contributed by atoms with Gasteiger partial charge in [-0.15, -0.1) is 11.3 Å². The fraction of sp³-hybridized carbons (Fsp3) is 0.364. The number of aryl methyl sites for hydroxylation is 1. The molecule has 1 N–H and O–H groups in total. The van der Waals surface area contributed by atoms with Crippen molar-refractivity contribution in [2.75, 3.05) is 19.0 Å². The summed E-state index contributed by atoms with van der Waals surface area (Å²) in [5.74, 6) is 1.35. The van der Waals surface area contributed by atoms with E-state index in [-0.39, 0.29) is 11.9 Å². The van der Waals surface area contributed by atoms with Crippen LogP contribution in [0.5, 0.6) is 5.75 Å². The summed E-state index contributed by atoms with van der Waals surface area (Å²) in [6.45, 7) is 2.95. The molecular weight excluding hydrogens is 400 g/mol. The van der Waals surface area contributed by atoms with Crippen molar-refractivity contribution in [3.8, 4) is 5.75 Å². The molecule has 154 valence electrons. The van der Waals surface area contributed by atoms with E-state index in [2.05, 4.69) is 20.3 Å². The molecule has 1 aliphatic heterocycles. The summed E-state index contributed by atoms with van der Waals surface area (Å²) in [6, 6.07) is 4.07. The lowest BCUT2D eigenvalue weighted by molar-refractivity contribution is -0.148. The molecule has 5 rings (SSSR count). The second kappa shape index (κ2) is 7.68. The number of thiophene rings is 1. The van der Waals surface area contributed by atoms with Crippen LogP contribution in [-0.2, 0) is 28.9 Å². The van der Waals surface area contributed by atoms with Crippen molar-refractivity contribution < 1.29 is 14.3 Å². The Balaban J connectivity index is 1.52. The minimum atomic E-state index is -0.102. The van der Waals surface area contributed by atoms with Crippen molar-refractivity contribution in [3.63, 3.8) is 0 Å². The first-order valence-corrected chi connectivity index (χ1v) is 10.9. The summed E-state index contributed by atoms with van der Waals surface area (Å²) >= 11 is 1.64. The Labute approximate surface area is 178 Å². The third-order valence-electron chi connectivity index (χ3n) is 5.67. The third-order valence-corrected chi connectivity index (χ3v) is 6.83. The molecule has 0 saturated heterocycles. The van der Waals surface area contributed by atoms with E-state index in [4.69, 9.17) is 9.47 Å². The molecule has 3 aromatic rings. The lowest BCUT2D eigenvalue weighted by Crippen LogP contribution is -2.23. The Morgan fingerprint density at radius 1 is 1.33 bits per heavy atom. The van der Waals surface area contributed by atoms with Crippen LogP contribution in [0.3, 0.4) is 0 Å². The quantitative estimate of drug-likeness (QED) is 0.625. The standard InChI is InChI=1S/C22H22N4O3S/c1-3-29-22(27)12-4-5-15-18(8-12)30-21-19(15)20(24-11-25-21)26-16-6-13-9-23-10-14(13)7-17(16)28-2/h6-7,9,11-12H,3-5,8,10H2,1-2H3,(H,24,25,26)/t12-/m0/s1. The number of aliphatic imine (C=N–C) groups is 1. The van der Waals surface area contributed by atoms with Crippen molar-refractivity contribution in [1.29, 1.82) is 0 Å². The number of fused-ring (bicyclic) bond motifs is 4. The van der Waals surface area contributed by atoms with Crippen LogP contribution in [0.1, 0.15) is 34.9 Å². The van der Waals surface area contributed by atoms with E-state index in [1.165, 1.54) is 10.4 Å². The zero-order valence-corrected chi connectivity index (χ0v) is 17.7. The number of nitrogens with one attached hydrogen (secondary N) is 1. The van der Waals surface area contributed by atoms with E-state index in [1.54, 1.807) is 24.8 Å². The van der Waals surface area contributed by atoms with Crippen LogP contribution in [0.2, 0.25) is 0 Å². The van der Waals surface area contributed by atoms with E-state index >= 15 is 0 Å². The highest BCUT2D eigenvalue weighted by molar-refractivity contribution is 7.19. The van der Waals surface area contributed by atoms with E-state index < -0.39 is 0 Å². The normalized spacial score (nSPS) is 16.9. The topological polar surface area (TPSA) is 85.7 Å². The Morgan fingerprint density at radius 2 is 2.23 bits per heavy atom. The van der Waals surface area contributed by atoms with Crippen LogP contribution in [-0.4, -0.2) is 35.9 Å². The highest BCUT2D eigenvalue weighted by atomic mass is 32.1. The fourth-order valence-corrected chi connectivity index (χ4v) is 5.47. The number of benzene rings is 1. The van der Waals surface area contributed by atoms with Gasteiger partial charge in [0.1, 0.15) is 22.7 Å². The maximum atomic E-state index is 12.2. The van der Waals surface area contributed by atoms with Gasteiger partial charge >= 0.3 is 5.97 Å². The number of anilines is 2. The summed E-state index contributed by atoms with van der Waals surface area (Å²) in [7, 11) is 1.67. The average molecular weight is 423 g/mol. The van der Waals surface area contributed by atoms with Crippen LogP contribution in [0.15, 0.2) is 23.5 Å². The number of aromatic nitrogens is 2. The highest BCUT2D eigenvalue weighted by Crippen LogP contribution is 2.41. The molecule has 30 heavy (non-hydrogen) atoms. The van der Waals surface area contributed by atoms with E-state index in [0.29, 0.717) is 19.6 Å². The van der Waals surface area contributed by atoms with Gasteiger partial charge < -0.3 is 14.8 Å². The van der Waals surface area contributed by atoms with Crippen LogP contribution in [0.25, 0.3) is 10.2 Å². The van der Waals surface area contributed by atoms with E-state index in [9.17, 15) is 4.79 Å². The van der Waals surface area contributed by atoms with Gasteiger partial charge in [-0.05, 0) is 55.0 Å². The number of hydrogen-bond donors (Lipinski definition) is 1. The van der Waals surface area contributed by atoms with Gasteiger partial charge in [-0.3, -0.25) is 9.79 Å². The predicted octanol–water partition coefficient (Wildman–Crippen LogP) is 4.04. The van der Waals surface area contributed by atoms with Crippen LogP contribution in [0.4, 0.5) is 11.5 Å². The minimum absolute atomic E-state index is 0.0778. The second-order valence-electron chi connectivity index (χ2n) is 7.44. The number of esters is 1. The van der Waals surface area contributed by atoms with Gasteiger partial charge in [0.2, 0.25) is 0 Å². The smallest absolute Gasteiger partial charge is 0.309 e. The van der Waals surface area contributed by atoms with E-state index in [1.807, 2.05) is 25.3 Å². The van der Waals surface area contributed by atoms with Crippen molar-refractivity contribution >= 4 is 45.2 Å². The summed E-state index contributed by atoms with van der Waals surface area (Å²) in [6.07, 6.45) is 5.76. The number of ether oxygens (including phenoxy) is 2. The Kier molecular flexibility index (Phi) is 4.86. The molecule has 8 heteroatoms. The Morgan fingerprint density at radius 3 is 3.07 bits per heavy atom. The Bertz CT molecular complexity index is 1170. The lowest BCUT2D eigenvalue weighted by atomic mass is 9.88. The molecule has 0 bridgehead atoms. The number of hydrogen-bond acceptors (Lipinski definition) is 8. The van der Waals surface area contributed by atoms with Crippen molar-refractivity contribution in [3.05, 3.63) is 40.0 Å². The highest BCUT2D eigenvalue weighted by Gasteiger charge is 2.30. The first-order chi connectivity index (χ1) is 14.7. The molecule has 7 nitrogen and oxygen atoms in total. The first kappa shape index (κ1) is 19.0. The van der Waals surface area contributed by atoms with Crippen LogP contribution < -0.4 is 10.1 Å². The van der Waals surface area contributed by atoms with Gasteiger partial charge in [0.05, 0.1) is 37.3 Å². The van der Waals surface area contributed by atoms with Crippen LogP contribution in [0, 0.1) is 5.92 Å². The van der Waals surface area contributed by atoms with Crippen molar-refractivity contribution in [2.24, 2.45) is 10.9 Å². The summed E-state index contributed by atoms with van der Waals surface area (Å²) < 4.78 is 10.8. The SMILES string of the molecule is CCOC(=O)[C@H]1CCc2c(sc3ncnc(Nc4cc5c(cc4OC)CN=C5)c23)C1. The molecule has 0 saturated carbocycles. The summed E-state index contributed by atoms with van der Waals surface area (Å²) in [4.78, 5) is 27.7. The molecule has 2 aliphatic rings. The zero-order valence-electron chi connectivity index (χ0n) is 16.9. The minimum Gasteiger partial charge on any atom is -0.495 e. The molecule has 0 spiro atoms. The molecule has 0 radical (unpaired) electrons. The number of carbonyl (C=O) groups is 1. The molecule has 0 fully saturated rings. The van der Waals surface area contributed by atoms with Crippen molar-refractivity contribution in [1.82, 2.24) is 9.97 Å². The first-order valence-electron chi connectivity index (χ1n) is 10.1. The van der Waals surface area contributed by atoms with Gasteiger partial charge in [-0.2, -0.15) is 0 Å². The third kappa shape index (κ3) is 3.21. The maximum Gasteiger partial charge on any atom is 0.309 e. The number of carbonyl (C=O) groups excluding carboxylic acids is 1. The van der Waals surface area contributed by atoms with Crippen molar-refractivity contribution in [2.45, 2.75) is 32.7 Å². The van der Waals surface area contributed by atoms with Gasteiger partial charge in [0.15, 0.2) is 0 Å². The predicted molar refractivity (Wildman–Crippen MR) is 117 cm³/mol. The lowest BCUT2D eigenvalue weighted by Gasteiger charge is -2.21. The molecule has 0 amide bonds. The van der Waals surface area contributed by atoms with Crippen LogP contribution >= 0.6 is 11.3 Å². The van der Waals surface area contributed by atoms with E-state index in [0.717, 1.165) is 51.4 Å². The van der Waals surface area contributed by atoms with Gasteiger partial charge in [0.25, 0.3) is 0 Å². The molecule has 0 unspecified atom stereocenters. The molecule has 1 atom stereocenters. The number of methoxy groups -OCH3 is 1. The monoisotopic (exact) mass is 422 g/mol. The van der Waals surface area contributed by atoms with Gasteiger partial charge in [0, 0.05) is 11.1 Å². The molecule has 2 aromatic heterocycles. The molecule has 1 aliphatic carbocycles. The molecule has 1 aromatic carbocycles. The second-order valence-corrected chi connectivity index (χ2v) is 8.53. The summed E-state index contributed by atoms with van der Waals surface area (Å²) in [5, 5.41) is 4.50.